The van der Waals surface area contributed by atoms with Crippen LogP contribution >= 0.6 is 0 Å². The summed E-state index contributed by atoms with van der Waals surface area (Å²) in [6, 6.07) is 6.16. The highest BCUT2D eigenvalue weighted by molar-refractivity contribution is 5.95. The predicted octanol–water partition coefficient (Wildman–Crippen LogP) is 1.73. The van der Waals surface area contributed by atoms with Crippen molar-refractivity contribution in [1.29, 1.82) is 0 Å². The summed E-state index contributed by atoms with van der Waals surface area (Å²) in [7, 11) is 0. The van der Waals surface area contributed by atoms with Crippen molar-refractivity contribution in [2.45, 2.75) is 13.5 Å². The number of hydrogen-bond acceptors (Lipinski definition) is 6. The summed E-state index contributed by atoms with van der Waals surface area (Å²) in [5.74, 6) is -0.837. The lowest BCUT2D eigenvalue weighted by atomic mass is 10.1. The van der Waals surface area contributed by atoms with E-state index in [0.717, 1.165) is 13.1 Å². The second-order valence-electron chi connectivity index (χ2n) is 7.19. The van der Waals surface area contributed by atoms with Crippen LogP contribution in [0.4, 0.5) is 10.1 Å². The fourth-order valence-corrected chi connectivity index (χ4v) is 3.65. The Hall–Kier alpha value is -3.59. The normalized spacial score (nSPS) is 14.3. The molecule has 1 amide bonds. The number of benzene rings is 1. The van der Waals surface area contributed by atoms with E-state index in [9.17, 15) is 14.0 Å². The van der Waals surface area contributed by atoms with Crippen LogP contribution in [0.2, 0.25) is 0 Å². The van der Waals surface area contributed by atoms with Crippen molar-refractivity contribution in [3.05, 3.63) is 70.0 Å². The number of anilines is 1. The van der Waals surface area contributed by atoms with Crippen LogP contribution in [-0.2, 0) is 6.54 Å². The minimum Gasteiger partial charge on any atom is -0.367 e. The maximum absolute atomic E-state index is 14.9. The summed E-state index contributed by atoms with van der Waals surface area (Å²) in [6.07, 6.45) is 5.97. The van der Waals surface area contributed by atoms with Crippen molar-refractivity contribution in [2.75, 3.05) is 31.1 Å². The zero-order valence-corrected chi connectivity index (χ0v) is 17.1. The number of aromatic nitrogens is 2. The van der Waals surface area contributed by atoms with E-state index in [1.807, 2.05) is 16.4 Å². The van der Waals surface area contributed by atoms with Gasteiger partial charge >= 0.3 is 0 Å². The third-order valence-corrected chi connectivity index (χ3v) is 5.29. The summed E-state index contributed by atoms with van der Waals surface area (Å²) in [5.41, 5.74) is 3.88. The molecule has 0 aliphatic carbocycles. The van der Waals surface area contributed by atoms with Gasteiger partial charge in [0.2, 0.25) is 0 Å². The average Bonchev–Trinajstić information content (AvgIpc) is 2.81. The van der Waals surface area contributed by atoms with E-state index in [2.05, 4.69) is 20.8 Å². The number of halogens is 1. The molecule has 9 heteroatoms. The van der Waals surface area contributed by atoms with E-state index in [4.69, 9.17) is 0 Å². The molecule has 1 aliphatic heterocycles. The number of fused-ring (bicyclic) bond motifs is 1. The number of piperazine rings is 1. The molecule has 2 aromatic heterocycles. The van der Waals surface area contributed by atoms with Gasteiger partial charge in [0.25, 0.3) is 5.91 Å². The predicted molar refractivity (Wildman–Crippen MR) is 118 cm³/mol. The zero-order chi connectivity index (χ0) is 21.8. The lowest BCUT2D eigenvalue weighted by molar-refractivity contribution is 0.0955. The number of rotatable bonds is 5. The van der Waals surface area contributed by atoms with Crippen LogP contribution in [0.1, 0.15) is 22.8 Å². The van der Waals surface area contributed by atoms with Crippen molar-refractivity contribution < 1.29 is 9.18 Å². The second kappa shape index (κ2) is 9.05. The fourth-order valence-electron chi connectivity index (χ4n) is 3.65. The number of pyridine rings is 2. The summed E-state index contributed by atoms with van der Waals surface area (Å²) < 4.78 is 16.8. The minimum atomic E-state index is -0.422. The van der Waals surface area contributed by atoms with Crippen LogP contribution < -0.4 is 21.1 Å². The molecule has 8 nitrogen and oxygen atoms in total. The maximum atomic E-state index is 14.9. The SMILES string of the molecule is CCn1cc(/C=N/NC(=O)c2ccncc2)c(=O)c2cc(F)c(N3CCNCC3)cc21. The first kappa shape index (κ1) is 20.7. The molecule has 4 rings (SSSR count). The van der Waals surface area contributed by atoms with Crippen molar-refractivity contribution >= 4 is 28.7 Å². The first-order valence-electron chi connectivity index (χ1n) is 10.1. The van der Waals surface area contributed by atoms with Crippen LogP contribution in [0.5, 0.6) is 0 Å². The molecule has 31 heavy (non-hydrogen) atoms. The standard InChI is InChI=1S/C22H23FN6O2/c1-2-28-14-16(13-26-27-22(31)15-3-5-24-6-4-15)21(30)17-11-18(23)20(12-19(17)28)29-9-7-25-8-10-29/h3-6,11-14,25H,2,7-10H2,1H3,(H,27,31)/b26-13+. The molecule has 160 valence electrons. The maximum Gasteiger partial charge on any atom is 0.271 e. The number of hydrogen-bond donors (Lipinski definition) is 2. The van der Waals surface area contributed by atoms with Gasteiger partial charge in [0.15, 0.2) is 5.43 Å². The molecule has 0 spiro atoms. The monoisotopic (exact) mass is 422 g/mol. The topological polar surface area (TPSA) is 91.6 Å². The Morgan fingerprint density at radius 2 is 2.03 bits per heavy atom. The van der Waals surface area contributed by atoms with Crippen molar-refractivity contribution in [1.82, 2.24) is 20.3 Å². The van der Waals surface area contributed by atoms with Gasteiger partial charge < -0.3 is 14.8 Å². The Balaban J connectivity index is 1.66. The van der Waals surface area contributed by atoms with Crippen LogP contribution in [0.15, 0.2) is 52.8 Å². The van der Waals surface area contributed by atoms with Crippen LogP contribution in [-0.4, -0.2) is 47.9 Å². The Bertz CT molecular complexity index is 1190. The molecule has 3 aromatic rings. The smallest absolute Gasteiger partial charge is 0.271 e. The summed E-state index contributed by atoms with van der Waals surface area (Å²) in [4.78, 5) is 30.9. The van der Waals surface area contributed by atoms with E-state index in [-0.39, 0.29) is 16.4 Å². The summed E-state index contributed by atoms with van der Waals surface area (Å²) >= 11 is 0. The number of carbonyl (C=O) groups excluding carboxylic acids is 1. The Labute approximate surface area is 178 Å². The van der Waals surface area contributed by atoms with Crippen molar-refractivity contribution in [2.24, 2.45) is 5.10 Å². The lowest BCUT2D eigenvalue weighted by Gasteiger charge is -2.30. The molecule has 0 unspecified atom stereocenters. The number of aryl methyl sites for hydroxylation is 1. The van der Waals surface area contributed by atoms with Gasteiger partial charge in [0, 0.05) is 62.3 Å². The van der Waals surface area contributed by atoms with Crippen molar-refractivity contribution in [3.63, 3.8) is 0 Å². The van der Waals surface area contributed by atoms with Crippen LogP contribution in [0, 0.1) is 5.82 Å². The third-order valence-electron chi connectivity index (χ3n) is 5.29. The third kappa shape index (κ3) is 4.31. The molecular formula is C22H23FN6O2. The first-order chi connectivity index (χ1) is 15.1. The summed E-state index contributed by atoms with van der Waals surface area (Å²) in [5, 5.41) is 7.44. The molecular weight excluding hydrogens is 399 g/mol. The Morgan fingerprint density at radius 3 is 2.74 bits per heavy atom. The van der Waals surface area contributed by atoms with E-state index in [0.29, 0.717) is 36.4 Å². The van der Waals surface area contributed by atoms with Gasteiger partial charge in [0.05, 0.1) is 23.0 Å². The Morgan fingerprint density at radius 1 is 1.29 bits per heavy atom. The van der Waals surface area contributed by atoms with E-state index < -0.39 is 11.7 Å². The zero-order valence-electron chi connectivity index (χ0n) is 17.1. The number of nitrogens with one attached hydrogen (secondary N) is 2. The van der Waals surface area contributed by atoms with E-state index in [1.165, 1.54) is 24.7 Å². The Kier molecular flexibility index (Phi) is 6.03. The molecule has 1 aliphatic rings. The number of nitrogens with zero attached hydrogens (tertiary/aromatic N) is 4. The molecule has 1 aromatic carbocycles. The highest BCUT2D eigenvalue weighted by atomic mass is 19.1. The minimum absolute atomic E-state index is 0.263. The van der Waals surface area contributed by atoms with Gasteiger partial charge in [-0.3, -0.25) is 14.6 Å². The largest absolute Gasteiger partial charge is 0.367 e. The van der Waals surface area contributed by atoms with Gasteiger partial charge in [-0.15, -0.1) is 0 Å². The highest BCUT2D eigenvalue weighted by Gasteiger charge is 2.18. The molecule has 1 saturated heterocycles. The molecule has 0 bridgehead atoms. The highest BCUT2D eigenvalue weighted by Crippen LogP contribution is 2.25. The number of carbonyl (C=O) groups is 1. The van der Waals surface area contributed by atoms with Crippen LogP contribution in [0.25, 0.3) is 10.9 Å². The van der Waals surface area contributed by atoms with Gasteiger partial charge in [-0.25, -0.2) is 9.82 Å². The average molecular weight is 422 g/mol. The number of amides is 1. The van der Waals surface area contributed by atoms with E-state index in [1.54, 1.807) is 24.4 Å². The molecule has 0 saturated carbocycles. The molecule has 0 atom stereocenters. The van der Waals surface area contributed by atoms with Crippen LogP contribution in [0.3, 0.4) is 0 Å². The van der Waals surface area contributed by atoms with Gasteiger partial charge in [0.1, 0.15) is 5.82 Å². The molecule has 2 N–H and O–H groups in total. The molecule has 3 heterocycles. The van der Waals surface area contributed by atoms with Crippen molar-refractivity contribution in [3.8, 4) is 0 Å². The lowest BCUT2D eigenvalue weighted by Crippen LogP contribution is -2.43. The van der Waals surface area contributed by atoms with Gasteiger partial charge in [-0.05, 0) is 31.2 Å². The summed E-state index contributed by atoms with van der Waals surface area (Å²) in [6.45, 7) is 5.54. The van der Waals surface area contributed by atoms with E-state index >= 15 is 0 Å². The second-order valence-corrected chi connectivity index (χ2v) is 7.19. The number of hydrazone groups is 1. The quantitative estimate of drug-likeness (QED) is 0.483. The molecule has 0 radical (unpaired) electrons. The fraction of sp³-hybridized carbons (Fsp3) is 0.273. The van der Waals surface area contributed by atoms with Gasteiger partial charge in [-0.2, -0.15) is 5.10 Å². The first-order valence-corrected chi connectivity index (χ1v) is 10.1. The molecule has 1 fully saturated rings. The van der Waals surface area contributed by atoms with Gasteiger partial charge in [-0.1, -0.05) is 0 Å².